The molecule has 0 fully saturated rings. The number of aromatic hydroxyl groups is 1. The second kappa shape index (κ2) is 6.38. The summed E-state index contributed by atoms with van der Waals surface area (Å²) in [5, 5.41) is 13.5. The average Bonchev–Trinajstić information content (AvgIpc) is 2.40. The van der Waals surface area contributed by atoms with Gasteiger partial charge in [-0.2, -0.15) is 0 Å². The molecular weight excluding hydrogens is 248 g/mol. The van der Waals surface area contributed by atoms with Gasteiger partial charge in [0.2, 0.25) is 0 Å². The van der Waals surface area contributed by atoms with Gasteiger partial charge >= 0.3 is 0 Å². The molecule has 0 atom stereocenters. The Balaban J connectivity index is 1.80. The zero-order valence-corrected chi connectivity index (χ0v) is 10.7. The molecule has 1 aromatic heterocycles. The molecule has 0 saturated carbocycles. The molecule has 0 radical (unpaired) electrons. The van der Waals surface area contributed by atoms with E-state index < -0.39 is 0 Å². The first-order chi connectivity index (χ1) is 8.75. The summed E-state index contributed by atoms with van der Waals surface area (Å²) < 4.78 is 0. The van der Waals surface area contributed by atoms with Crippen molar-refractivity contribution >= 4 is 11.6 Å². The molecule has 2 N–H and O–H groups in total. The Kier molecular flexibility index (Phi) is 4.56. The summed E-state index contributed by atoms with van der Waals surface area (Å²) in [6.07, 6.45) is 2.65. The van der Waals surface area contributed by atoms with E-state index in [1.165, 1.54) is 0 Å². The van der Waals surface area contributed by atoms with Crippen LogP contribution < -0.4 is 5.32 Å². The summed E-state index contributed by atoms with van der Waals surface area (Å²) in [6, 6.07) is 10.9. The zero-order valence-electron chi connectivity index (χ0n) is 9.94. The fraction of sp³-hybridized carbons (Fsp3) is 0.214. The van der Waals surface area contributed by atoms with Gasteiger partial charge in [0.15, 0.2) is 0 Å². The number of phenols is 1. The summed E-state index contributed by atoms with van der Waals surface area (Å²) in [7, 11) is 0. The minimum Gasteiger partial charge on any atom is -0.508 e. The van der Waals surface area contributed by atoms with Gasteiger partial charge in [0.1, 0.15) is 5.75 Å². The maximum atomic E-state index is 9.64. The van der Waals surface area contributed by atoms with Crippen LogP contribution in [0, 0.1) is 0 Å². The van der Waals surface area contributed by atoms with E-state index in [-0.39, 0.29) is 5.75 Å². The van der Waals surface area contributed by atoms with Crippen LogP contribution in [-0.4, -0.2) is 16.6 Å². The number of nitrogens with zero attached hydrogens (tertiary/aromatic N) is 1. The molecule has 3 nitrogen and oxygen atoms in total. The number of benzene rings is 1. The van der Waals surface area contributed by atoms with Crippen molar-refractivity contribution in [1.29, 1.82) is 0 Å². The minimum absolute atomic E-state index is 0.268. The lowest BCUT2D eigenvalue weighted by atomic mass is 10.2. The second-order valence-electron chi connectivity index (χ2n) is 4.02. The number of rotatable bonds is 5. The molecule has 0 aliphatic heterocycles. The third-order valence-electron chi connectivity index (χ3n) is 2.64. The van der Waals surface area contributed by atoms with Crippen molar-refractivity contribution in [1.82, 2.24) is 10.3 Å². The largest absolute Gasteiger partial charge is 0.508 e. The Morgan fingerprint density at radius 2 is 2.11 bits per heavy atom. The molecule has 0 spiro atoms. The van der Waals surface area contributed by atoms with Crippen molar-refractivity contribution in [3.63, 3.8) is 0 Å². The Hall–Kier alpha value is -1.58. The third kappa shape index (κ3) is 3.72. The van der Waals surface area contributed by atoms with Crippen LogP contribution in [0.15, 0.2) is 42.6 Å². The third-order valence-corrected chi connectivity index (χ3v) is 2.88. The highest BCUT2D eigenvalue weighted by molar-refractivity contribution is 6.30. The first kappa shape index (κ1) is 12.9. The highest BCUT2D eigenvalue weighted by atomic mass is 35.5. The van der Waals surface area contributed by atoms with Crippen molar-refractivity contribution in [3.8, 4) is 5.75 Å². The number of halogens is 1. The van der Waals surface area contributed by atoms with Crippen LogP contribution in [0.5, 0.6) is 5.75 Å². The summed E-state index contributed by atoms with van der Waals surface area (Å²) >= 11 is 5.88. The lowest BCUT2D eigenvalue weighted by Crippen LogP contribution is -2.17. The average molecular weight is 263 g/mol. The number of nitrogens with one attached hydrogen (secondary N) is 1. The van der Waals surface area contributed by atoms with E-state index in [1.54, 1.807) is 24.4 Å². The van der Waals surface area contributed by atoms with Gasteiger partial charge in [-0.25, -0.2) is 0 Å². The van der Waals surface area contributed by atoms with Gasteiger partial charge in [-0.1, -0.05) is 17.7 Å². The molecule has 2 rings (SSSR count). The van der Waals surface area contributed by atoms with Crippen molar-refractivity contribution in [2.45, 2.75) is 13.0 Å². The van der Waals surface area contributed by atoms with E-state index in [9.17, 15) is 5.11 Å². The molecule has 18 heavy (non-hydrogen) atoms. The van der Waals surface area contributed by atoms with E-state index in [4.69, 9.17) is 11.6 Å². The predicted octanol–water partition coefficient (Wildman–Crippen LogP) is 2.77. The molecule has 94 valence electrons. The fourth-order valence-corrected chi connectivity index (χ4v) is 1.88. The number of hydrogen-bond acceptors (Lipinski definition) is 3. The van der Waals surface area contributed by atoms with Crippen LogP contribution in [0.1, 0.15) is 11.3 Å². The standard InChI is InChI=1S/C14H15ClN2O/c15-12-4-5-14(18)11(9-12)10-16-8-6-13-3-1-2-7-17-13/h1-5,7,9,16,18H,6,8,10H2. The monoisotopic (exact) mass is 262 g/mol. The summed E-state index contributed by atoms with van der Waals surface area (Å²) in [5.41, 5.74) is 1.86. The Bertz CT molecular complexity index is 502. The maximum absolute atomic E-state index is 9.64. The van der Waals surface area contributed by atoms with E-state index in [1.807, 2.05) is 18.2 Å². The normalized spacial score (nSPS) is 10.5. The maximum Gasteiger partial charge on any atom is 0.120 e. The van der Waals surface area contributed by atoms with Crippen molar-refractivity contribution < 1.29 is 5.11 Å². The van der Waals surface area contributed by atoms with Gasteiger partial charge in [0.05, 0.1) is 0 Å². The zero-order chi connectivity index (χ0) is 12.8. The molecular formula is C14H15ClN2O. The molecule has 1 heterocycles. The van der Waals surface area contributed by atoms with E-state index in [0.29, 0.717) is 11.6 Å². The van der Waals surface area contributed by atoms with Gasteiger partial charge in [0, 0.05) is 42.0 Å². The van der Waals surface area contributed by atoms with Gasteiger partial charge < -0.3 is 10.4 Å². The lowest BCUT2D eigenvalue weighted by molar-refractivity contribution is 0.464. The second-order valence-corrected chi connectivity index (χ2v) is 4.46. The molecule has 2 aromatic rings. The number of aromatic nitrogens is 1. The van der Waals surface area contributed by atoms with Crippen LogP contribution >= 0.6 is 11.6 Å². The number of pyridine rings is 1. The SMILES string of the molecule is Oc1ccc(Cl)cc1CNCCc1ccccn1. The van der Waals surface area contributed by atoms with E-state index in [0.717, 1.165) is 24.2 Å². The fourth-order valence-electron chi connectivity index (χ4n) is 1.68. The van der Waals surface area contributed by atoms with Crippen molar-refractivity contribution in [3.05, 3.63) is 58.9 Å². The molecule has 0 aliphatic rings. The molecule has 0 bridgehead atoms. The van der Waals surface area contributed by atoms with Crippen LogP contribution in [0.2, 0.25) is 5.02 Å². The quantitative estimate of drug-likeness (QED) is 0.815. The van der Waals surface area contributed by atoms with Gasteiger partial charge in [-0.05, 0) is 30.3 Å². The molecule has 1 aromatic carbocycles. The highest BCUT2D eigenvalue weighted by Crippen LogP contribution is 2.20. The molecule has 4 heteroatoms. The number of phenolic OH excluding ortho intramolecular Hbond substituents is 1. The Labute approximate surface area is 111 Å². The summed E-state index contributed by atoms with van der Waals surface area (Å²) in [5.74, 6) is 0.268. The summed E-state index contributed by atoms with van der Waals surface area (Å²) in [6.45, 7) is 1.40. The van der Waals surface area contributed by atoms with Gasteiger partial charge in [-0.3, -0.25) is 4.98 Å². The highest BCUT2D eigenvalue weighted by Gasteiger charge is 2.01. The molecule has 0 unspecified atom stereocenters. The molecule has 0 saturated heterocycles. The Morgan fingerprint density at radius 1 is 1.22 bits per heavy atom. The topological polar surface area (TPSA) is 45.1 Å². The predicted molar refractivity (Wildman–Crippen MR) is 72.8 cm³/mol. The minimum atomic E-state index is 0.268. The molecule has 0 amide bonds. The Morgan fingerprint density at radius 3 is 2.89 bits per heavy atom. The number of hydrogen-bond donors (Lipinski definition) is 2. The van der Waals surface area contributed by atoms with E-state index in [2.05, 4.69) is 10.3 Å². The van der Waals surface area contributed by atoms with Crippen LogP contribution in [0.4, 0.5) is 0 Å². The van der Waals surface area contributed by atoms with Crippen LogP contribution in [0.25, 0.3) is 0 Å². The van der Waals surface area contributed by atoms with Crippen LogP contribution in [-0.2, 0) is 13.0 Å². The van der Waals surface area contributed by atoms with Crippen molar-refractivity contribution in [2.75, 3.05) is 6.54 Å². The summed E-state index contributed by atoms with van der Waals surface area (Å²) in [4.78, 5) is 4.24. The first-order valence-corrected chi connectivity index (χ1v) is 6.21. The van der Waals surface area contributed by atoms with Gasteiger partial charge in [-0.15, -0.1) is 0 Å². The lowest BCUT2D eigenvalue weighted by Gasteiger charge is -2.07. The van der Waals surface area contributed by atoms with Gasteiger partial charge in [0.25, 0.3) is 0 Å². The van der Waals surface area contributed by atoms with Crippen molar-refractivity contribution in [2.24, 2.45) is 0 Å². The first-order valence-electron chi connectivity index (χ1n) is 5.84. The smallest absolute Gasteiger partial charge is 0.120 e. The van der Waals surface area contributed by atoms with E-state index >= 15 is 0 Å². The molecule has 0 aliphatic carbocycles. The van der Waals surface area contributed by atoms with Crippen LogP contribution in [0.3, 0.4) is 0 Å².